The Balaban J connectivity index is 2.12. The summed E-state index contributed by atoms with van der Waals surface area (Å²) in [6.07, 6.45) is 1.57. The number of anilines is 1. The minimum Gasteiger partial charge on any atom is -0.495 e. The Morgan fingerprint density at radius 3 is 2.71 bits per heavy atom. The van der Waals surface area contributed by atoms with Crippen molar-refractivity contribution in [3.8, 4) is 11.8 Å². The number of ether oxygens (including phenoxy) is 1. The molecule has 1 aromatic carbocycles. The molecule has 1 aliphatic carbocycles. The van der Waals surface area contributed by atoms with E-state index in [1.165, 1.54) is 13.2 Å². The van der Waals surface area contributed by atoms with Crippen molar-refractivity contribution in [3.05, 3.63) is 23.8 Å². The molecule has 1 atom stereocenters. The van der Waals surface area contributed by atoms with E-state index in [9.17, 15) is 9.59 Å². The predicted octanol–water partition coefficient (Wildman–Crippen LogP) is 1.55. The van der Waals surface area contributed by atoms with Crippen LogP contribution in [0, 0.1) is 17.2 Å². The molecule has 1 saturated carbocycles. The van der Waals surface area contributed by atoms with E-state index in [0.29, 0.717) is 5.75 Å². The van der Waals surface area contributed by atoms with Gasteiger partial charge in [0.15, 0.2) is 0 Å². The quantitative estimate of drug-likeness (QED) is 0.761. The van der Waals surface area contributed by atoms with Crippen LogP contribution in [0.4, 0.5) is 10.5 Å². The smallest absolute Gasteiger partial charge is 0.326 e. The number of nitrogens with one attached hydrogen (secondary N) is 2. The van der Waals surface area contributed by atoms with E-state index in [-0.39, 0.29) is 17.2 Å². The second-order valence-electron chi connectivity index (χ2n) is 4.75. The van der Waals surface area contributed by atoms with Gasteiger partial charge in [-0.15, -0.1) is 0 Å². The lowest BCUT2D eigenvalue weighted by Gasteiger charge is -2.16. The molecule has 1 fully saturated rings. The molecule has 0 spiro atoms. The molecule has 0 aromatic heterocycles. The molecular formula is C14H15N3O4. The molecule has 0 bridgehead atoms. The zero-order valence-corrected chi connectivity index (χ0v) is 11.4. The van der Waals surface area contributed by atoms with Crippen molar-refractivity contribution in [1.82, 2.24) is 5.32 Å². The van der Waals surface area contributed by atoms with Crippen LogP contribution in [0.5, 0.6) is 5.75 Å². The van der Waals surface area contributed by atoms with Crippen molar-refractivity contribution in [2.75, 3.05) is 12.4 Å². The van der Waals surface area contributed by atoms with E-state index >= 15 is 0 Å². The number of benzene rings is 1. The normalized spacial score (nSPS) is 14.7. The largest absolute Gasteiger partial charge is 0.495 e. The van der Waals surface area contributed by atoms with Crippen LogP contribution < -0.4 is 15.4 Å². The van der Waals surface area contributed by atoms with E-state index in [4.69, 9.17) is 15.1 Å². The second kappa shape index (κ2) is 6.13. The summed E-state index contributed by atoms with van der Waals surface area (Å²) in [6, 6.07) is 5.13. The summed E-state index contributed by atoms with van der Waals surface area (Å²) >= 11 is 0. The molecule has 1 aromatic rings. The Kier molecular flexibility index (Phi) is 4.28. The summed E-state index contributed by atoms with van der Waals surface area (Å²) in [5.41, 5.74) is 0.461. The number of rotatable bonds is 5. The third-order valence-corrected chi connectivity index (χ3v) is 3.25. The van der Waals surface area contributed by atoms with Crippen molar-refractivity contribution >= 4 is 17.7 Å². The van der Waals surface area contributed by atoms with E-state index in [0.717, 1.165) is 12.8 Å². The molecule has 3 N–H and O–H groups in total. The molecular weight excluding hydrogens is 274 g/mol. The summed E-state index contributed by atoms with van der Waals surface area (Å²) < 4.78 is 5.09. The molecule has 0 saturated heterocycles. The Morgan fingerprint density at radius 2 is 2.19 bits per heavy atom. The Morgan fingerprint density at radius 1 is 1.48 bits per heavy atom. The number of nitrogens with zero attached hydrogens (tertiary/aromatic N) is 1. The van der Waals surface area contributed by atoms with Crippen molar-refractivity contribution in [1.29, 1.82) is 5.26 Å². The van der Waals surface area contributed by atoms with E-state index in [2.05, 4.69) is 10.6 Å². The Labute approximate surface area is 121 Å². The minimum absolute atomic E-state index is 0.0265. The lowest BCUT2D eigenvalue weighted by molar-refractivity contribution is -0.139. The fourth-order valence-corrected chi connectivity index (χ4v) is 2.02. The van der Waals surface area contributed by atoms with Gasteiger partial charge in [-0.3, -0.25) is 0 Å². The Hall–Kier alpha value is -2.75. The first-order valence-electron chi connectivity index (χ1n) is 6.44. The third kappa shape index (κ3) is 3.42. The fraction of sp³-hybridized carbons (Fsp3) is 0.357. The molecule has 7 nitrogen and oxygen atoms in total. The molecule has 2 amide bonds. The van der Waals surface area contributed by atoms with Gasteiger partial charge in [0.25, 0.3) is 0 Å². The fourth-order valence-electron chi connectivity index (χ4n) is 2.02. The zero-order valence-electron chi connectivity index (χ0n) is 11.4. The van der Waals surface area contributed by atoms with Gasteiger partial charge >= 0.3 is 12.0 Å². The number of carbonyl (C=O) groups is 2. The van der Waals surface area contributed by atoms with Crippen LogP contribution in [-0.4, -0.2) is 30.3 Å². The summed E-state index contributed by atoms with van der Waals surface area (Å²) in [4.78, 5) is 23.0. The summed E-state index contributed by atoms with van der Waals surface area (Å²) in [5.74, 6) is -0.753. The minimum atomic E-state index is -1.06. The third-order valence-electron chi connectivity index (χ3n) is 3.25. The van der Waals surface area contributed by atoms with Crippen molar-refractivity contribution < 1.29 is 19.4 Å². The van der Waals surface area contributed by atoms with Gasteiger partial charge in [-0.2, -0.15) is 5.26 Å². The number of carboxylic acids is 1. The van der Waals surface area contributed by atoms with Crippen LogP contribution in [0.1, 0.15) is 18.4 Å². The number of nitriles is 1. The number of hydrogen-bond donors (Lipinski definition) is 3. The highest BCUT2D eigenvalue weighted by atomic mass is 16.5. The number of methoxy groups -OCH3 is 1. The van der Waals surface area contributed by atoms with Gasteiger partial charge in [-0.25, -0.2) is 9.59 Å². The maximum atomic E-state index is 11.9. The molecule has 21 heavy (non-hydrogen) atoms. The van der Waals surface area contributed by atoms with E-state index in [1.54, 1.807) is 12.1 Å². The van der Waals surface area contributed by atoms with E-state index in [1.807, 2.05) is 6.07 Å². The van der Waals surface area contributed by atoms with Gasteiger partial charge in [-0.05, 0) is 30.9 Å². The summed E-state index contributed by atoms with van der Waals surface area (Å²) in [5, 5.41) is 23.0. The highest BCUT2D eigenvalue weighted by molar-refractivity contribution is 5.95. The molecule has 0 aliphatic heterocycles. The van der Waals surface area contributed by atoms with Gasteiger partial charge in [0, 0.05) is 0 Å². The van der Waals surface area contributed by atoms with Crippen LogP contribution in [0.2, 0.25) is 0 Å². The molecule has 1 aliphatic rings. The van der Waals surface area contributed by atoms with Crippen molar-refractivity contribution in [3.63, 3.8) is 0 Å². The number of para-hydroxylation sites is 1. The van der Waals surface area contributed by atoms with Gasteiger partial charge in [0.05, 0.1) is 12.7 Å². The first-order chi connectivity index (χ1) is 10.1. The highest BCUT2D eigenvalue weighted by Crippen LogP contribution is 2.33. The van der Waals surface area contributed by atoms with E-state index < -0.39 is 18.0 Å². The topological polar surface area (TPSA) is 111 Å². The molecule has 0 heterocycles. The highest BCUT2D eigenvalue weighted by Gasteiger charge is 2.37. The molecule has 2 rings (SSSR count). The van der Waals surface area contributed by atoms with Gasteiger partial charge in [0.2, 0.25) is 0 Å². The first-order valence-corrected chi connectivity index (χ1v) is 6.44. The Bertz CT molecular complexity index is 605. The number of carbonyl (C=O) groups excluding carboxylic acids is 1. The molecule has 1 unspecified atom stereocenters. The van der Waals surface area contributed by atoms with Crippen LogP contribution in [-0.2, 0) is 4.79 Å². The molecule has 0 radical (unpaired) electrons. The number of amides is 2. The average Bonchev–Trinajstić information content (AvgIpc) is 3.29. The number of aliphatic carboxylic acids is 1. The van der Waals surface area contributed by atoms with Crippen LogP contribution in [0.15, 0.2) is 18.2 Å². The number of carboxylic acid groups (broad SMARTS) is 1. The first kappa shape index (κ1) is 14.7. The second-order valence-corrected chi connectivity index (χ2v) is 4.75. The number of hydrogen-bond acceptors (Lipinski definition) is 4. The van der Waals surface area contributed by atoms with Crippen molar-refractivity contribution in [2.24, 2.45) is 5.92 Å². The summed E-state index contributed by atoms with van der Waals surface area (Å²) in [6.45, 7) is 0. The SMILES string of the molecule is COc1cccc(C#N)c1NC(=O)NC(C(=O)O)C1CC1. The lowest BCUT2D eigenvalue weighted by atomic mass is 10.1. The summed E-state index contributed by atoms with van der Waals surface area (Å²) in [7, 11) is 1.42. The standard InChI is InChI=1S/C14H15N3O4/c1-21-10-4-2-3-9(7-15)11(10)16-14(20)17-12(13(18)19)8-5-6-8/h2-4,8,12H,5-6H2,1H3,(H,18,19)(H2,16,17,20). The predicted molar refractivity (Wildman–Crippen MR) is 74.0 cm³/mol. The van der Waals surface area contributed by atoms with Gasteiger partial charge in [0.1, 0.15) is 23.5 Å². The molecule has 7 heteroatoms. The monoisotopic (exact) mass is 289 g/mol. The van der Waals surface area contributed by atoms with Crippen LogP contribution in [0.25, 0.3) is 0 Å². The van der Waals surface area contributed by atoms with Crippen LogP contribution in [0.3, 0.4) is 0 Å². The molecule has 110 valence electrons. The average molecular weight is 289 g/mol. The maximum absolute atomic E-state index is 11.9. The maximum Gasteiger partial charge on any atom is 0.326 e. The zero-order chi connectivity index (χ0) is 15.4. The lowest BCUT2D eigenvalue weighted by Crippen LogP contribution is -2.44. The van der Waals surface area contributed by atoms with Crippen molar-refractivity contribution in [2.45, 2.75) is 18.9 Å². The van der Waals surface area contributed by atoms with Crippen LogP contribution >= 0.6 is 0 Å². The van der Waals surface area contributed by atoms with Gasteiger partial charge in [-0.1, -0.05) is 6.07 Å². The van der Waals surface area contributed by atoms with Gasteiger partial charge < -0.3 is 20.5 Å². The number of urea groups is 1.